The lowest BCUT2D eigenvalue weighted by atomic mass is 10.0. The second-order valence-corrected chi connectivity index (χ2v) is 5.46. The highest BCUT2D eigenvalue weighted by atomic mass is 19.1. The third-order valence-electron chi connectivity index (χ3n) is 3.69. The minimum atomic E-state index is -0.705. The number of hydrogen-bond acceptors (Lipinski definition) is 3. The molecule has 3 rings (SSSR count). The van der Waals surface area contributed by atoms with Gasteiger partial charge in [-0.05, 0) is 41.5 Å². The summed E-state index contributed by atoms with van der Waals surface area (Å²) in [6.07, 6.45) is 4.07. The molecule has 3 aromatic rings. The summed E-state index contributed by atoms with van der Waals surface area (Å²) in [5.74, 6) is -1.73. The van der Waals surface area contributed by atoms with Crippen molar-refractivity contribution < 1.29 is 18.3 Å². The molecule has 0 radical (unpaired) electrons. The fraction of sp³-hybridized carbons (Fsp3) is 0.158. The lowest BCUT2D eigenvalue weighted by molar-refractivity contribution is 0.0489. The van der Waals surface area contributed by atoms with Crippen LogP contribution < -0.4 is 0 Å². The van der Waals surface area contributed by atoms with Gasteiger partial charge in [0, 0.05) is 25.4 Å². The molecule has 2 aromatic carbocycles. The lowest BCUT2D eigenvalue weighted by Gasteiger charge is -2.08. The molecule has 0 aliphatic heterocycles. The monoisotopic (exact) mass is 342 g/mol. The van der Waals surface area contributed by atoms with Crippen LogP contribution in [-0.2, 0) is 11.3 Å². The number of hydrogen-bond donors (Lipinski definition) is 0. The van der Waals surface area contributed by atoms with Crippen LogP contribution in [0.15, 0.2) is 60.9 Å². The molecule has 6 heteroatoms. The number of benzene rings is 2. The Labute approximate surface area is 143 Å². The van der Waals surface area contributed by atoms with Crippen LogP contribution in [0.4, 0.5) is 8.78 Å². The van der Waals surface area contributed by atoms with E-state index in [1.165, 1.54) is 24.3 Å². The maximum Gasteiger partial charge on any atom is 0.341 e. The third-order valence-corrected chi connectivity index (χ3v) is 3.69. The topological polar surface area (TPSA) is 44.1 Å². The van der Waals surface area contributed by atoms with E-state index in [-0.39, 0.29) is 18.0 Å². The van der Waals surface area contributed by atoms with Gasteiger partial charge < -0.3 is 4.74 Å². The summed E-state index contributed by atoms with van der Waals surface area (Å²) in [6.45, 7) is 0.796. The van der Waals surface area contributed by atoms with Crippen molar-refractivity contribution in [1.82, 2.24) is 9.78 Å². The summed E-state index contributed by atoms with van der Waals surface area (Å²) in [5.41, 5.74) is 1.11. The number of aromatic nitrogens is 2. The smallest absolute Gasteiger partial charge is 0.341 e. The molecule has 0 aliphatic carbocycles. The zero-order valence-corrected chi connectivity index (χ0v) is 13.4. The van der Waals surface area contributed by atoms with Crippen LogP contribution in [0.25, 0.3) is 11.1 Å². The number of aryl methyl sites for hydroxylation is 1. The Morgan fingerprint density at radius 2 is 1.84 bits per heavy atom. The highest BCUT2D eigenvalue weighted by Gasteiger charge is 2.14. The first-order chi connectivity index (χ1) is 12.1. The second-order valence-electron chi connectivity index (χ2n) is 5.46. The van der Waals surface area contributed by atoms with Crippen LogP contribution >= 0.6 is 0 Å². The first kappa shape index (κ1) is 16.8. The Kier molecular flexibility index (Phi) is 5.18. The third kappa shape index (κ3) is 4.29. The standard InChI is InChI=1S/C19H16F2N2O2/c20-16-6-3-14(4-7-16)15-5-8-17(18(21)13-15)19(24)25-12-2-11-23-10-1-9-22-23/h1,3-10,13H,2,11-12H2. The largest absolute Gasteiger partial charge is 0.462 e. The summed E-state index contributed by atoms with van der Waals surface area (Å²) in [7, 11) is 0. The molecule has 0 spiro atoms. The predicted octanol–water partition coefficient (Wildman–Crippen LogP) is 4.08. The second kappa shape index (κ2) is 7.70. The molecular weight excluding hydrogens is 326 g/mol. The summed E-state index contributed by atoms with van der Waals surface area (Å²) < 4.78 is 34.0. The molecule has 0 saturated carbocycles. The first-order valence-corrected chi connectivity index (χ1v) is 7.83. The van der Waals surface area contributed by atoms with Crippen molar-refractivity contribution in [2.45, 2.75) is 13.0 Å². The van der Waals surface area contributed by atoms with E-state index in [4.69, 9.17) is 4.74 Å². The molecular formula is C19H16F2N2O2. The van der Waals surface area contributed by atoms with Gasteiger partial charge in [0.2, 0.25) is 0 Å². The van der Waals surface area contributed by atoms with E-state index in [9.17, 15) is 13.6 Å². The van der Waals surface area contributed by atoms with Crippen LogP contribution in [-0.4, -0.2) is 22.4 Å². The molecule has 4 nitrogen and oxygen atoms in total. The molecule has 0 fully saturated rings. The zero-order valence-electron chi connectivity index (χ0n) is 13.4. The molecule has 0 saturated heterocycles. The van der Waals surface area contributed by atoms with Crippen molar-refractivity contribution >= 4 is 5.97 Å². The SMILES string of the molecule is O=C(OCCCn1cccn1)c1ccc(-c2ccc(F)cc2)cc1F. The van der Waals surface area contributed by atoms with Crippen LogP contribution in [0, 0.1) is 11.6 Å². The minimum Gasteiger partial charge on any atom is -0.462 e. The van der Waals surface area contributed by atoms with E-state index < -0.39 is 11.8 Å². The van der Waals surface area contributed by atoms with Crippen molar-refractivity contribution in [3.63, 3.8) is 0 Å². The molecule has 25 heavy (non-hydrogen) atoms. The molecule has 0 aliphatic rings. The van der Waals surface area contributed by atoms with Crippen molar-refractivity contribution in [3.05, 3.63) is 78.1 Å². The zero-order chi connectivity index (χ0) is 17.6. The van der Waals surface area contributed by atoms with Crippen LogP contribution in [0.5, 0.6) is 0 Å². The summed E-state index contributed by atoms with van der Waals surface area (Å²) in [6, 6.07) is 11.7. The minimum absolute atomic E-state index is 0.120. The normalized spacial score (nSPS) is 10.6. The van der Waals surface area contributed by atoms with Crippen LogP contribution in [0.2, 0.25) is 0 Å². The summed E-state index contributed by atoms with van der Waals surface area (Å²) in [5, 5.41) is 4.04. The predicted molar refractivity (Wildman–Crippen MR) is 88.9 cm³/mol. The lowest BCUT2D eigenvalue weighted by Crippen LogP contribution is -2.10. The number of nitrogens with zero attached hydrogens (tertiary/aromatic N) is 2. The maximum absolute atomic E-state index is 14.2. The fourth-order valence-electron chi connectivity index (χ4n) is 2.40. The van der Waals surface area contributed by atoms with E-state index in [0.717, 1.165) is 0 Å². The Bertz CT molecular complexity index is 846. The van der Waals surface area contributed by atoms with Crippen molar-refractivity contribution in [1.29, 1.82) is 0 Å². The van der Waals surface area contributed by atoms with Gasteiger partial charge in [-0.2, -0.15) is 5.10 Å². The van der Waals surface area contributed by atoms with E-state index in [1.807, 2.05) is 12.3 Å². The van der Waals surface area contributed by atoms with Gasteiger partial charge in [0.05, 0.1) is 12.2 Å². The Morgan fingerprint density at radius 3 is 2.52 bits per heavy atom. The Balaban J connectivity index is 1.60. The van der Waals surface area contributed by atoms with Crippen LogP contribution in [0.3, 0.4) is 0 Å². The molecule has 0 amide bonds. The van der Waals surface area contributed by atoms with Gasteiger partial charge in [-0.1, -0.05) is 18.2 Å². The highest BCUT2D eigenvalue weighted by molar-refractivity contribution is 5.90. The first-order valence-electron chi connectivity index (χ1n) is 7.83. The molecule has 0 unspecified atom stereocenters. The van der Waals surface area contributed by atoms with Gasteiger partial charge in [-0.25, -0.2) is 13.6 Å². The fourth-order valence-corrected chi connectivity index (χ4v) is 2.40. The van der Waals surface area contributed by atoms with E-state index in [2.05, 4.69) is 5.10 Å². The van der Waals surface area contributed by atoms with Gasteiger partial charge in [-0.15, -0.1) is 0 Å². The van der Waals surface area contributed by atoms with Gasteiger partial charge in [0.1, 0.15) is 11.6 Å². The Hall–Kier alpha value is -3.02. The number of ether oxygens (including phenoxy) is 1. The maximum atomic E-state index is 14.2. The van der Waals surface area contributed by atoms with Crippen LogP contribution in [0.1, 0.15) is 16.8 Å². The highest BCUT2D eigenvalue weighted by Crippen LogP contribution is 2.22. The molecule has 1 aromatic heterocycles. The number of halogens is 2. The molecule has 128 valence electrons. The van der Waals surface area contributed by atoms with E-state index in [0.29, 0.717) is 24.1 Å². The summed E-state index contributed by atoms with van der Waals surface area (Å²) >= 11 is 0. The van der Waals surface area contributed by atoms with Gasteiger partial charge in [0.25, 0.3) is 0 Å². The average Bonchev–Trinajstić information content (AvgIpc) is 3.12. The quantitative estimate of drug-likeness (QED) is 0.501. The molecule has 0 atom stereocenters. The Morgan fingerprint density at radius 1 is 1.08 bits per heavy atom. The number of esters is 1. The molecule has 1 heterocycles. The average molecular weight is 342 g/mol. The molecule has 0 bridgehead atoms. The van der Waals surface area contributed by atoms with E-state index in [1.54, 1.807) is 29.1 Å². The van der Waals surface area contributed by atoms with Crippen molar-refractivity contribution in [3.8, 4) is 11.1 Å². The van der Waals surface area contributed by atoms with Gasteiger partial charge >= 0.3 is 5.97 Å². The number of carbonyl (C=O) groups is 1. The van der Waals surface area contributed by atoms with Gasteiger partial charge in [0.15, 0.2) is 0 Å². The van der Waals surface area contributed by atoms with Crippen molar-refractivity contribution in [2.75, 3.05) is 6.61 Å². The van der Waals surface area contributed by atoms with E-state index >= 15 is 0 Å². The molecule has 0 N–H and O–H groups in total. The number of rotatable bonds is 6. The summed E-state index contributed by atoms with van der Waals surface area (Å²) in [4.78, 5) is 12.0. The van der Waals surface area contributed by atoms with Gasteiger partial charge in [-0.3, -0.25) is 4.68 Å². The van der Waals surface area contributed by atoms with Crippen molar-refractivity contribution in [2.24, 2.45) is 0 Å². The number of carbonyl (C=O) groups excluding carboxylic acids is 1.